The molecule has 0 saturated carbocycles. The number of ether oxygens (including phenoxy) is 1. The van der Waals surface area contributed by atoms with E-state index in [1.54, 1.807) is 0 Å². The Morgan fingerprint density at radius 3 is 2.94 bits per heavy atom. The Kier molecular flexibility index (Phi) is 7.08. The summed E-state index contributed by atoms with van der Waals surface area (Å²) in [5.41, 5.74) is 0.248. The molecule has 0 aromatic carbocycles. The molecule has 1 aliphatic heterocycles. The second kappa shape index (κ2) is 8.05. The van der Waals surface area contributed by atoms with Gasteiger partial charge in [0, 0.05) is 31.1 Å². The number of hydrogen-bond donors (Lipinski definition) is 1. The van der Waals surface area contributed by atoms with Gasteiger partial charge in [0.25, 0.3) is 0 Å². The standard InChI is InChI=1S/C14H28N2OS/c1-5-14(4)7-10-18-13(16-14)15-8-6-9-17-11-12(2)3/h12H,5-11H2,1-4H3,(H,15,16). The van der Waals surface area contributed by atoms with Crippen LogP contribution in [0.5, 0.6) is 0 Å². The molecular formula is C14H28N2OS. The van der Waals surface area contributed by atoms with E-state index in [-0.39, 0.29) is 5.54 Å². The maximum Gasteiger partial charge on any atom is 0.156 e. The quantitative estimate of drug-likeness (QED) is 0.722. The monoisotopic (exact) mass is 272 g/mol. The lowest BCUT2D eigenvalue weighted by Crippen LogP contribution is -2.48. The molecular weight excluding hydrogens is 244 g/mol. The summed E-state index contributed by atoms with van der Waals surface area (Å²) in [6, 6.07) is 0. The van der Waals surface area contributed by atoms with Gasteiger partial charge in [-0.2, -0.15) is 0 Å². The molecule has 1 rings (SSSR count). The molecule has 106 valence electrons. The third kappa shape index (κ3) is 6.10. The number of thioether (sulfide) groups is 1. The molecule has 1 atom stereocenters. The molecule has 0 aromatic rings. The van der Waals surface area contributed by atoms with Gasteiger partial charge in [-0.1, -0.05) is 32.5 Å². The Bertz CT molecular complexity index is 269. The van der Waals surface area contributed by atoms with Crippen LogP contribution in [0.15, 0.2) is 4.99 Å². The molecule has 18 heavy (non-hydrogen) atoms. The maximum atomic E-state index is 5.55. The van der Waals surface area contributed by atoms with E-state index in [1.165, 1.54) is 12.2 Å². The van der Waals surface area contributed by atoms with E-state index >= 15 is 0 Å². The van der Waals surface area contributed by atoms with Gasteiger partial charge < -0.3 is 10.1 Å². The molecule has 1 unspecified atom stereocenters. The highest BCUT2D eigenvalue weighted by Crippen LogP contribution is 2.24. The van der Waals surface area contributed by atoms with E-state index in [0.29, 0.717) is 5.92 Å². The second-order valence-corrected chi connectivity index (χ2v) is 6.73. The molecule has 0 bridgehead atoms. The summed E-state index contributed by atoms with van der Waals surface area (Å²) >= 11 is 1.85. The van der Waals surface area contributed by atoms with Crippen LogP contribution in [-0.4, -0.2) is 36.2 Å². The highest BCUT2D eigenvalue weighted by Gasteiger charge is 2.27. The minimum atomic E-state index is 0.248. The zero-order valence-corrected chi connectivity index (χ0v) is 13.1. The van der Waals surface area contributed by atoms with Gasteiger partial charge in [-0.05, 0) is 32.1 Å². The summed E-state index contributed by atoms with van der Waals surface area (Å²) in [6.07, 6.45) is 3.40. The summed E-state index contributed by atoms with van der Waals surface area (Å²) < 4.78 is 5.55. The third-order valence-corrected chi connectivity index (χ3v) is 4.15. The summed E-state index contributed by atoms with van der Waals surface area (Å²) in [4.78, 5) is 4.63. The van der Waals surface area contributed by atoms with Gasteiger partial charge in [0.05, 0.1) is 0 Å². The molecule has 0 amide bonds. The molecule has 1 fully saturated rings. The maximum absolute atomic E-state index is 5.55. The first-order chi connectivity index (χ1) is 8.56. The summed E-state index contributed by atoms with van der Waals surface area (Å²) in [5, 5.41) is 4.68. The van der Waals surface area contributed by atoms with Gasteiger partial charge in [0.1, 0.15) is 0 Å². The lowest BCUT2D eigenvalue weighted by atomic mass is 9.96. The molecule has 1 heterocycles. The van der Waals surface area contributed by atoms with Gasteiger partial charge >= 0.3 is 0 Å². The van der Waals surface area contributed by atoms with Gasteiger partial charge in [-0.25, -0.2) is 0 Å². The first kappa shape index (κ1) is 15.8. The first-order valence-corrected chi connectivity index (χ1v) is 8.07. The van der Waals surface area contributed by atoms with Crippen molar-refractivity contribution in [1.29, 1.82) is 0 Å². The van der Waals surface area contributed by atoms with Crippen molar-refractivity contribution in [3.63, 3.8) is 0 Å². The van der Waals surface area contributed by atoms with Crippen LogP contribution >= 0.6 is 11.8 Å². The number of nitrogens with zero attached hydrogens (tertiary/aromatic N) is 1. The fourth-order valence-corrected chi connectivity index (χ4v) is 2.99. The van der Waals surface area contributed by atoms with Crippen molar-refractivity contribution in [1.82, 2.24) is 5.32 Å². The molecule has 1 saturated heterocycles. The van der Waals surface area contributed by atoms with Gasteiger partial charge in [-0.15, -0.1) is 0 Å². The zero-order chi connectivity index (χ0) is 13.4. The SMILES string of the molecule is CCC1(C)CCSC(=NCCCOCC(C)C)N1. The Morgan fingerprint density at radius 2 is 2.28 bits per heavy atom. The molecule has 0 aromatic heterocycles. The average Bonchev–Trinajstić information content (AvgIpc) is 2.33. The average molecular weight is 272 g/mol. The van der Waals surface area contributed by atoms with Crippen LogP contribution in [0, 0.1) is 5.92 Å². The van der Waals surface area contributed by atoms with Crippen LogP contribution < -0.4 is 5.32 Å². The van der Waals surface area contributed by atoms with E-state index in [2.05, 4.69) is 38.0 Å². The Balaban J connectivity index is 2.18. The van der Waals surface area contributed by atoms with E-state index in [4.69, 9.17) is 4.74 Å². The van der Waals surface area contributed by atoms with Gasteiger partial charge in [-0.3, -0.25) is 4.99 Å². The Hall–Kier alpha value is -0.220. The minimum Gasteiger partial charge on any atom is -0.381 e. The lowest BCUT2D eigenvalue weighted by molar-refractivity contribution is 0.109. The normalized spacial score (nSPS) is 26.6. The predicted molar refractivity (Wildman–Crippen MR) is 81.5 cm³/mol. The summed E-state index contributed by atoms with van der Waals surface area (Å²) in [5.74, 6) is 1.80. The Morgan fingerprint density at radius 1 is 1.50 bits per heavy atom. The lowest BCUT2D eigenvalue weighted by Gasteiger charge is -2.35. The van der Waals surface area contributed by atoms with E-state index in [1.807, 2.05) is 11.8 Å². The third-order valence-electron chi connectivity index (χ3n) is 3.24. The van der Waals surface area contributed by atoms with Crippen molar-refractivity contribution < 1.29 is 4.74 Å². The Labute approximate surface area is 116 Å². The molecule has 0 aliphatic carbocycles. The molecule has 3 nitrogen and oxygen atoms in total. The summed E-state index contributed by atoms with van der Waals surface area (Å²) in [6.45, 7) is 11.4. The van der Waals surface area contributed by atoms with E-state index < -0.39 is 0 Å². The first-order valence-electron chi connectivity index (χ1n) is 7.09. The van der Waals surface area contributed by atoms with Gasteiger partial charge in [0.2, 0.25) is 0 Å². The highest BCUT2D eigenvalue weighted by atomic mass is 32.2. The fraction of sp³-hybridized carbons (Fsp3) is 0.929. The number of rotatable bonds is 7. The molecule has 0 spiro atoms. The second-order valence-electron chi connectivity index (χ2n) is 5.65. The van der Waals surface area contributed by atoms with Crippen molar-refractivity contribution in [3.05, 3.63) is 0 Å². The summed E-state index contributed by atoms with van der Waals surface area (Å²) in [7, 11) is 0. The van der Waals surface area contributed by atoms with Crippen LogP contribution in [0.3, 0.4) is 0 Å². The minimum absolute atomic E-state index is 0.248. The van der Waals surface area contributed by atoms with E-state index in [9.17, 15) is 0 Å². The number of nitrogens with one attached hydrogen (secondary N) is 1. The van der Waals surface area contributed by atoms with Crippen LogP contribution in [-0.2, 0) is 4.74 Å². The molecule has 1 aliphatic rings. The van der Waals surface area contributed by atoms with Gasteiger partial charge in [0.15, 0.2) is 5.17 Å². The molecule has 0 radical (unpaired) electrons. The van der Waals surface area contributed by atoms with Crippen LogP contribution in [0.1, 0.15) is 47.0 Å². The van der Waals surface area contributed by atoms with Crippen LogP contribution in [0.25, 0.3) is 0 Å². The largest absolute Gasteiger partial charge is 0.381 e. The number of amidine groups is 1. The topological polar surface area (TPSA) is 33.6 Å². The van der Waals surface area contributed by atoms with Crippen molar-refractivity contribution >= 4 is 16.9 Å². The van der Waals surface area contributed by atoms with Crippen molar-refractivity contribution in [2.24, 2.45) is 10.9 Å². The molecule has 4 heteroatoms. The highest BCUT2D eigenvalue weighted by molar-refractivity contribution is 8.13. The van der Waals surface area contributed by atoms with Crippen LogP contribution in [0.2, 0.25) is 0 Å². The zero-order valence-electron chi connectivity index (χ0n) is 12.3. The van der Waals surface area contributed by atoms with Crippen LogP contribution in [0.4, 0.5) is 0 Å². The molecule has 1 N–H and O–H groups in total. The predicted octanol–water partition coefficient (Wildman–Crippen LogP) is 3.30. The van der Waals surface area contributed by atoms with E-state index in [0.717, 1.165) is 37.8 Å². The smallest absolute Gasteiger partial charge is 0.156 e. The van der Waals surface area contributed by atoms with Crippen molar-refractivity contribution in [3.8, 4) is 0 Å². The van der Waals surface area contributed by atoms with Crippen molar-refractivity contribution in [2.75, 3.05) is 25.5 Å². The number of hydrogen-bond acceptors (Lipinski definition) is 3. The number of aliphatic imine (C=N–C) groups is 1. The fourth-order valence-electron chi connectivity index (χ4n) is 1.75. The van der Waals surface area contributed by atoms with Crippen molar-refractivity contribution in [2.45, 2.75) is 52.5 Å².